The number of hydrogen-bond donors (Lipinski definition) is 4. The number of ether oxygens (including phenoxy) is 1. The van der Waals surface area contributed by atoms with E-state index in [4.69, 9.17) is 10.5 Å². The molecule has 5 N–H and O–H groups in total. The maximum absolute atomic E-state index is 13.6. The third-order valence-electron chi connectivity index (χ3n) is 9.73. The molecule has 4 heterocycles. The first-order valence-corrected chi connectivity index (χ1v) is 16.0. The number of rotatable bonds is 7. The number of anilines is 2. The topological polar surface area (TPSA) is 118 Å². The van der Waals surface area contributed by atoms with Gasteiger partial charge in [-0.15, -0.1) is 0 Å². The second-order valence-electron chi connectivity index (χ2n) is 12.7. The van der Waals surface area contributed by atoms with Crippen LogP contribution in [-0.4, -0.2) is 91.4 Å². The molecule has 11 heteroatoms. The summed E-state index contributed by atoms with van der Waals surface area (Å²) in [6.07, 6.45) is 10.9. The number of likely N-dealkylation sites (tertiary alicyclic amines) is 1. The highest BCUT2D eigenvalue weighted by atomic mass is 16.5. The predicted octanol–water partition coefficient (Wildman–Crippen LogP) is 2.30. The van der Waals surface area contributed by atoms with E-state index < -0.39 is 5.91 Å². The maximum Gasteiger partial charge on any atom is 0.275 e. The summed E-state index contributed by atoms with van der Waals surface area (Å²) >= 11 is 0. The Morgan fingerprint density at radius 1 is 1.10 bits per heavy atom. The highest BCUT2D eigenvalue weighted by molar-refractivity contribution is 5.97. The van der Waals surface area contributed by atoms with Gasteiger partial charge in [-0.2, -0.15) is 0 Å². The van der Waals surface area contributed by atoms with Gasteiger partial charge < -0.3 is 30.1 Å². The van der Waals surface area contributed by atoms with Crippen LogP contribution in [0.5, 0.6) is 5.75 Å². The number of likely N-dealkylation sites (N-methyl/N-ethyl adjacent to an activating group) is 1. The molecule has 1 saturated carbocycles. The van der Waals surface area contributed by atoms with Crippen molar-refractivity contribution in [3.63, 3.8) is 0 Å². The fourth-order valence-electron chi connectivity index (χ4n) is 7.64. The quantitative estimate of drug-likeness (QED) is 0.360. The summed E-state index contributed by atoms with van der Waals surface area (Å²) in [7, 11) is 3.61. The molecule has 0 aromatic heterocycles. The second kappa shape index (κ2) is 11.8. The van der Waals surface area contributed by atoms with Crippen molar-refractivity contribution in [3.8, 4) is 5.75 Å². The number of nitrogens with two attached hydrogens (primary N) is 1. The summed E-state index contributed by atoms with van der Waals surface area (Å²) in [5.41, 5.74) is 10.1. The molecule has 230 valence electrons. The molecule has 4 aliphatic heterocycles. The van der Waals surface area contributed by atoms with Crippen LogP contribution in [0, 0.1) is 0 Å². The van der Waals surface area contributed by atoms with Crippen LogP contribution in [0.2, 0.25) is 0 Å². The van der Waals surface area contributed by atoms with E-state index in [0.29, 0.717) is 36.3 Å². The Balaban J connectivity index is 1.29. The lowest BCUT2D eigenvalue weighted by molar-refractivity contribution is -0.123. The van der Waals surface area contributed by atoms with Crippen LogP contribution < -0.4 is 31.3 Å². The molecule has 1 aliphatic carbocycles. The molecule has 42 heavy (non-hydrogen) atoms. The molecule has 5 aliphatic rings. The van der Waals surface area contributed by atoms with E-state index in [1.807, 2.05) is 29.0 Å². The van der Waals surface area contributed by atoms with Crippen LogP contribution in [0.3, 0.4) is 0 Å². The average Bonchev–Trinajstić information content (AvgIpc) is 3.50. The normalized spacial score (nSPS) is 26.9. The summed E-state index contributed by atoms with van der Waals surface area (Å²) in [5, 5.41) is 9.86. The third kappa shape index (κ3) is 5.48. The lowest BCUT2D eigenvalue weighted by atomic mass is 9.99. The van der Waals surface area contributed by atoms with E-state index >= 15 is 0 Å². The Morgan fingerprint density at radius 3 is 2.57 bits per heavy atom. The highest BCUT2D eigenvalue weighted by Gasteiger charge is 2.46. The highest BCUT2D eigenvalue weighted by Crippen LogP contribution is 2.39. The number of carbonyl (C=O) groups excluding carboxylic acids is 2. The number of nitrogens with zero attached hydrogens (tertiary/aromatic N) is 4. The van der Waals surface area contributed by atoms with Gasteiger partial charge in [0.1, 0.15) is 17.3 Å². The Hall–Kier alpha value is -3.18. The molecule has 0 radical (unpaired) electrons. The molecule has 6 rings (SSSR count). The van der Waals surface area contributed by atoms with E-state index in [-0.39, 0.29) is 17.9 Å². The minimum absolute atomic E-state index is 0.123. The van der Waals surface area contributed by atoms with Gasteiger partial charge in [-0.1, -0.05) is 26.2 Å². The van der Waals surface area contributed by atoms with Crippen LogP contribution >= 0.6 is 0 Å². The van der Waals surface area contributed by atoms with Crippen molar-refractivity contribution in [1.82, 2.24) is 25.3 Å². The molecule has 2 fully saturated rings. The van der Waals surface area contributed by atoms with Gasteiger partial charge in [-0.3, -0.25) is 25.5 Å². The number of piperidine rings is 1. The zero-order chi connectivity index (χ0) is 29.4. The largest absolute Gasteiger partial charge is 0.495 e. The van der Waals surface area contributed by atoms with Crippen molar-refractivity contribution >= 4 is 23.2 Å². The average molecular weight is 581 g/mol. The van der Waals surface area contributed by atoms with E-state index in [2.05, 4.69) is 32.7 Å². The Kier molecular flexibility index (Phi) is 8.15. The first-order chi connectivity index (χ1) is 20.3. The lowest BCUT2D eigenvalue weighted by Crippen LogP contribution is -2.76. The molecule has 2 amide bonds. The Labute approximate surface area is 249 Å². The smallest absolute Gasteiger partial charge is 0.275 e. The van der Waals surface area contributed by atoms with Crippen molar-refractivity contribution in [3.05, 3.63) is 29.2 Å². The number of benzene rings is 1. The van der Waals surface area contributed by atoms with Crippen LogP contribution in [0.1, 0.15) is 70.3 Å². The number of carbonyl (C=O) groups is 2. The SMILES string of the molecule is CCC1CN(C)C2=C(N[C@@](N)(Nc3cc4c(cc3OC)CCCN4C(=O)CN3CCCCC3)NC2=O)N1C1CCCC1. The second-order valence-corrected chi connectivity index (χ2v) is 12.7. The van der Waals surface area contributed by atoms with Crippen molar-refractivity contribution in [2.24, 2.45) is 5.73 Å². The third-order valence-corrected chi connectivity index (χ3v) is 9.73. The number of hydrogen-bond acceptors (Lipinski definition) is 9. The molecular formula is C31H48N8O3. The van der Waals surface area contributed by atoms with E-state index in [1.165, 1.54) is 19.3 Å². The standard InChI is InChI=1S/C31H48N8O3/c1-4-22-19-36(2)28-29(39(22)23-12-6-7-13-23)34-31(32,35-30(28)41)33-24-18-25-21(17-26(24)42-3)11-10-16-38(25)27(40)20-37-14-8-5-9-15-37/h17-18,22-23,33-34H,4-16,19-20,32H2,1-3H3,(H,35,41)/t22?,31-/m1/s1. The first kappa shape index (κ1) is 28.9. The van der Waals surface area contributed by atoms with E-state index in [9.17, 15) is 9.59 Å². The van der Waals surface area contributed by atoms with Crippen molar-refractivity contribution in [1.29, 1.82) is 0 Å². The van der Waals surface area contributed by atoms with Gasteiger partial charge in [-0.05, 0) is 75.7 Å². The minimum atomic E-state index is -1.46. The van der Waals surface area contributed by atoms with Gasteiger partial charge in [0.15, 0.2) is 0 Å². The van der Waals surface area contributed by atoms with Crippen molar-refractivity contribution < 1.29 is 14.3 Å². The molecular weight excluding hydrogens is 532 g/mol. The molecule has 1 saturated heterocycles. The van der Waals surface area contributed by atoms with Gasteiger partial charge in [0, 0.05) is 37.9 Å². The van der Waals surface area contributed by atoms with Gasteiger partial charge in [-0.25, -0.2) is 0 Å². The van der Waals surface area contributed by atoms with Crippen LogP contribution in [0.15, 0.2) is 23.7 Å². The van der Waals surface area contributed by atoms with E-state index in [0.717, 1.165) is 81.7 Å². The van der Waals surface area contributed by atoms with Crippen molar-refractivity contribution in [2.75, 3.05) is 57.1 Å². The number of amides is 2. The van der Waals surface area contributed by atoms with Gasteiger partial charge >= 0.3 is 0 Å². The summed E-state index contributed by atoms with van der Waals surface area (Å²) in [4.78, 5) is 35.8. The molecule has 0 bridgehead atoms. The summed E-state index contributed by atoms with van der Waals surface area (Å²) < 4.78 is 5.80. The molecule has 0 spiro atoms. The molecule has 11 nitrogen and oxygen atoms in total. The number of methoxy groups -OCH3 is 1. The van der Waals surface area contributed by atoms with Crippen LogP contribution in [-0.2, 0) is 16.0 Å². The minimum Gasteiger partial charge on any atom is -0.495 e. The van der Waals surface area contributed by atoms with Gasteiger partial charge in [0.25, 0.3) is 5.91 Å². The predicted molar refractivity (Wildman–Crippen MR) is 164 cm³/mol. The van der Waals surface area contributed by atoms with Gasteiger partial charge in [0.05, 0.1) is 19.3 Å². The Morgan fingerprint density at radius 2 is 1.86 bits per heavy atom. The molecule has 1 aromatic carbocycles. The first-order valence-electron chi connectivity index (χ1n) is 16.0. The number of fused-ring (bicyclic) bond motifs is 1. The van der Waals surface area contributed by atoms with Crippen molar-refractivity contribution in [2.45, 2.75) is 89.1 Å². The summed E-state index contributed by atoms with van der Waals surface area (Å²) in [5.74, 6) is -0.134. The van der Waals surface area contributed by atoms with E-state index in [1.54, 1.807) is 7.11 Å². The van der Waals surface area contributed by atoms with Crippen LogP contribution in [0.25, 0.3) is 0 Å². The fourth-order valence-corrected chi connectivity index (χ4v) is 7.64. The monoisotopic (exact) mass is 580 g/mol. The number of nitrogens with one attached hydrogen (secondary N) is 3. The molecule has 1 unspecified atom stereocenters. The zero-order valence-electron chi connectivity index (χ0n) is 25.5. The summed E-state index contributed by atoms with van der Waals surface area (Å²) in [6.45, 7) is 6.09. The Bertz CT molecular complexity index is 1220. The maximum atomic E-state index is 13.6. The van der Waals surface area contributed by atoms with Crippen LogP contribution in [0.4, 0.5) is 11.4 Å². The molecule has 1 aromatic rings. The fraction of sp³-hybridized carbons (Fsp3) is 0.677. The number of aryl methyl sites for hydroxylation is 1. The van der Waals surface area contributed by atoms with Gasteiger partial charge in [0.2, 0.25) is 11.8 Å². The molecule has 2 atom stereocenters. The summed E-state index contributed by atoms with van der Waals surface area (Å²) in [6, 6.07) is 4.64. The zero-order valence-corrected chi connectivity index (χ0v) is 25.5. The lowest BCUT2D eigenvalue weighted by Gasteiger charge is -2.52.